The Morgan fingerprint density at radius 2 is 0.652 bits per heavy atom. The Bertz CT molecular complexity index is 2040. The van der Waals surface area contributed by atoms with Gasteiger partial charge in [-0.15, -0.1) is 0 Å². The lowest BCUT2D eigenvalue weighted by atomic mass is 9.77. The summed E-state index contributed by atoms with van der Waals surface area (Å²) in [7, 11) is 2.72. The Hall–Kier alpha value is -6.12. The van der Waals surface area contributed by atoms with E-state index in [1.807, 2.05) is 0 Å². The van der Waals surface area contributed by atoms with Crippen molar-refractivity contribution in [3.63, 3.8) is 0 Å². The Morgan fingerprint density at radius 1 is 0.413 bits per heavy atom. The van der Waals surface area contributed by atoms with Gasteiger partial charge in [0.2, 0.25) is 0 Å². The molecule has 6 aromatic carbocycles. The molecule has 0 aliphatic heterocycles. The molecule has 6 aromatic rings. The van der Waals surface area contributed by atoms with Crippen LogP contribution in [-0.4, -0.2) is 14.2 Å². The summed E-state index contributed by atoms with van der Waals surface area (Å²) >= 11 is 0. The number of methoxy groups -OCH3 is 2. The SMILES string of the molecule is COc1c(C#N)c(C#N)c(OC)c2c(-c3ccc(F)cc3)c(-c3ccc(F)cc3)c(-c3ccc(F)cc3)c(-c3ccc(F)cc3)c12. The van der Waals surface area contributed by atoms with Crippen LogP contribution in [0.15, 0.2) is 97.1 Å². The summed E-state index contributed by atoms with van der Waals surface area (Å²) in [6.07, 6.45) is 0. The minimum atomic E-state index is -0.493. The summed E-state index contributed by atoms with van der Waals surface area (Å²) in [5.41, 5.74) is 3.74. The van der Waals surface area contributed by atoms with Crippen molar-refractivity contribution >= 4 is 10.8 Å². The highest BCUT2D eigenvalue weighted by Crippen LogP contribution is 2.56. The van der Waals surface area contributed by atoms with Gasteiger partial charge in [-0.25, -0.2) is 17.6 Å². The van der Waals surface area contributed by atoms with E-state index in [4.69, 9.17) is 9.47 Å². The van der Waals surface area contributed by atoms with Gasteiger partial charge in [0.25, 0.3) is 0 Å². The monoisotopic (exact) mass is 614 g/mol. The van der Waals surface area contributed by atoms with Crippen molar-refractivity contribution in [3.8, 4) is 68.1 Å². The molecule has 224 valence electrons. The maximum atomic E-state index is 14.4. The summed E-state index contributed by atoms with van der Waals surface area (Å²) in [6.45, 7) is 0. The number of fused-ring (bicyclic) bond motifs is 1. The second kappa shape index (κ2) is 12.1. The highest BCUT2D eigenvalue weighted by molar-refractivity contribution is 6.22. The van der Waals surface area contributed by atoms with E-state index in [0.29, 0.717) is 55.3 Å². The van der Waals surface area contributed by atoms with Gasteiger partial charge in [-0.05, 0) is 81.9 Å². The largest absolute Gasteiger partial charge is 0.495 e. The van der Waals surface area contributed by atoms with Gasteiger partial charge in [0.1, 0.15) is 58.0 Å². The smallest absolute Gasteiger partial charge is 0.146 e. The zero-order valence-corrected chi connectivity index (χ0v) is 24.5. The maximum Gasteiger partial charge on any atom is 0.146 e. The number of hydrogen-bond acceptors (Lipinski definition) is 4. The third-order valence-electron chi connectivity index (χ3n) is 7.82. The second-order valence-corrected chi connectivity index (χ2v) is 10.3. The first-order valence-electron chi connectivity index (χ1n) is 14.0. The number of ether oxygens (including phenoxy) is 2. The minimum absolute atomic E-state index is 0.0477. The van der Waals surface area contributed by atoms with Crippen LogP contribution in [0.25, 0.3) is 55.3 Å². The van der Waals surface area contributed by atoms with Gasteiger partial charge < -0.3 is 9.47 Å². The standard InChI is InChI=1S/C38H22F4N2O2/c1-45-37-29(19-43)30(20-44)38(46-2)36-34(24-9-17-28(42)18-10-24)32(22-5-13-26(40)14-6-22)31(21-3-11-25(39)12-4-21)33(35(36)37)23-7-15-27(41)16-8-23/h3-18H,1-2H3. The average Bonchev–Trinajstić information content (AvgIpc) is 3.07. The fourth-order valence-corrected chi connectivity index (χ4v) is 5.92. The molecule has 0 bridgehead atoms. The van der Waals surface area contributed by atoms with E-state index in [9.17, 15) is 28.1 Å². The van der Waals surface area contributed by atoms with Gasteiger partial charge in [-0.3, -0.25) is 0 Å². The predicted molar refractivity (Wildman–Crippen MR) is 168 cm³/mol. The molecule has 0 aliphatic carbocycles. The van der Waals surface area contributed by atoms with E-state index in [1.54, 1.807) is 48.5 Å². The van der Waals surface area contributed by atoms with E-state index >= 15 is 0 Å². The third kappa shape index (κ3) is 4.96. The van der Waals surface area contributed by atoms with Crippen LogP contribution in [0.3, 0.4) is 0 Å². The summed E-state index contributed by atoms with van der Waals surface area (Å²) in [5, 5.41) is 21.3. The van der Waals surface area contributed by atoms with E-state index in [1.165, 1.54) is 62.8 Å². The molecule has 46 heavy (non-hydrogen) atoms. The van der Waals surface area contributed by atoms with E-state index in [2.05, 4.69) is 12.1 Å². The summed E-state index contributed by atoms with van der Waals surface area (Å²) < 4.78 is 69.1. The maximum absolute atomic E-state index is 14.4. The molecule has 0 atom stereocenters. The molecule has 0 radical (unpaired) electrons. The molecule has 0 N–H and O–H groups in total. The minimum Gasteiger partial charge on any atom is -0.495 e. The van der Waals surface area contributed by atoms with Crippen molar-refractivity contribution in [1.29, 1.82) is 10.5 Å². The molecule has 0 saturated heterocycles. The zero-order chi connectivity index (χ0) is 32.5. The molecule has 0 fully saturated rings. The quantitative estimate of drug-likeness (QED) is 0.175. The molecule has 0 aliphatic rings. The molecule has 0 saturated carbocycles. The van der Waals surface area contributed by atoms with Crippen molar-refractivity contribution in [3.05, 3.63) is 131 Å². The van der Waals surface area contributed by atoms with Crippen LogP contribution in [0.2, 0.25) is 0 Å². The number of benzene rings is 6. The number of nitriles is 2. The van der Waals surface area contributed by atoms with Gasteiger partial charge in [0.15, 0.2) is 0 Å². The number of halogens is 4. The predicted octanol–water partition coefficient (Wildman–Crippen LogP) is 9.82. The van der Waals surface area contributed by atoms with Gasteiger partial charge in [-0.1, -0.05) is 48.5 Å². The lowest BCUT2D eigenvalue weighted by Gasteiger charge is -2.27. The first-order chi connectivity index (χ1) is 22.3. The van der Waals surface area contributed by atoms with Crippen molar-refractivity contribution in [2.75, 3.05) is 14.2 Å². The van der Waals surface area contributed by atoms with Crippen LogP contribution in [0.1, 0.15) is 11.1 Å². The Labute approximate surface area is 261 Å². The van der Waals surface area contributed by atoms with Crippen LogP contribution in [0.5, 0.6) is 11.5 Å². The summed E-state index contributed by atoms with van der Waals surface area (Å²) in [6, 6.07) is 26.9. The van der Waals surface area contributed by atoms with Gasteiger partial charge >= 0.3 is 0 Å². The highest BCUT2D eigenvalue weighted by Gasteiger charge is 2.32. The lowest BCUT2D eigenvalue weighted by Crippen LogP contribution is -2.04. The highest BCUT2D eigenvalue weighted by atomic mass is 19.1. The Balaban J connectivity index is 2.04. The average molecular weight is 615 g/mol. The van der Waals surface area contributed by atoms with Gasteiger partial charge in [-0.2, -0.15) is 10.5 Å². The number of hydrogen-bond donors (Lipinski definition) is 0. The van der Waals surface area contributed by atoms with E-state index < -0.39 is 23.3 Å². The summed E-state index contributed by atoms with van der Waals surface area (Å²) in [5.74, 6) is -1.86. The van der Waals surface area contributed by atoms with Gasteiger partial charge in [0.05, 0.1) is 14.2 Å². The van der Waals surface area contributed by atoms with Crippen molar-refractivity contribution in [2.24, 2.45) is 0 Å². The van der Waals surface area contributed by atoms with Crippen LogP contribution in [0, 0.1) is 45.9 Å². The molecule has 4 nitrogen and oxygen atoms in total. The topological polar surface area (TPSA) is 66.0 Å². The fourth-order valence-electron chi connectivity index (χ4n) is 5.92. The Kier molecular flexibility index (Phi) is 7.88. The molecule has 0 spiro atoms. The molecule has 6 rings (SSSR count). The molecule has 0 heterocycles. The van der Waals surface area contributed by atoms with Crippen LogP contribution >= 0.6 is 0 Å². The van der Waals surface area contributed by atoms with Crippen LogP contribution < -0.4 is 9.47 Å². The molecular weight excluding hydrogens is 592 g/mol. The lowest BCUT2D eigenvalue weighted by molar-refractivity contribution is 0.408. The molecule has 8 heteroatoms. The van der Waals surface area contributed by atoms with Crippen LogP contribution in [0.4, 0.5) is 17.6 Å². The number of rotatable bonds is 6. The van der Waals surface area contributed by atoms with Crippen molar-refractivity contribution in [1.82, 2.24) is 0 Å². The van der Waals surface area contributed by atoms with Gasteiger partial charge in [0, 0.05) is 21.9 Å². The third-order valence-corrected chi connectivity index (χ3v) is 7.82. The Morgan fingerprint density at radius 3 is 0.870 bits per heavy atom. The molecule has 0 aromatic heterocycles. The van der Waals surface area contributed by atoms with Crippen molar-refractivity contribution in [2.45, 2.75) is 0 Å². The fraction of sp³-hybridized carbons (Fsp3) is 0.0526. The molecular formula is C38H22F4N2O2. The molecule has 0 unspecified atom stereocenters. The van der Waals surface area contributed by atoms with Crippen molar-refractivity contribution < 1.29 is 27.0 Å². The van der Waals surface area contributed by atoms with Crippen LogP contribution in [-0.2, 0) is 0 Å². The first-order valence-corrected chi connectivity index (χ1v) is 14.0. The first kappa shape index (κ1) is 29.9. The zero-order valence-electron chi connectivity index (χ0n) is 24.5. The normalized spacial score (nSPS) is 10.8. The van der Waals surface area contributed by atoms with E-state index in [0.717, 1.165) is 0 Å². The second-order valence-electron chi connectivity index (χ2n) is 10.3. The van der Waals surface area contributed by atoms with E-state index in [-0.39, 0.29) is 22.6 Å². The number of nitrogens with zero attached hydrogens (tertiary/aromatic N) is 2. The summed E-state index contributed by atoms with van der Waals surface area (Å²) in [4.78, 5) is 0. The molecule has 0 amide bonds.